The Morgan fingerprint density at radius 2 is 1.80 bits per heavy atom. The van der Waals surface area contributed by atoms with Crippen molar-refractivity contribution in [2.75, 3.05) is 14.2 Å². The predicted molar refractivity (Wildman–Crippen MR) is 79.7 cm³/mol. The lowest BCUT2D eigenvalue weighted by molar-refractivity contribution is 0.395. The van der Waals surface area contributed by atoms with Crippen molar-refractivity contribution in [2.45, 2.75) is 6.04 Å². The number of methoxy groups -OCH3 is 2. The first-order valence-corrected chi connectivity index (χ1v) is 6.78. The molecule has 0 saturated carbocycles. The van der Waals surface area contributed by atoms with E-state index in [0.717, 1.165) is 10.0 Å². The molecule has 0 heterocycles. The molecular weight excluding hydrogens is 325 g/mol. The van der Waals surface area contributed by atoms with E-state index in [4.69, 9.17) is 15.2 Å². The molecule has 20 heavy (non-hydrogen) atoms. The molecule has 0 amide bonds. The van der Waals surface area contributed by atoms with E-state index in [1.165, 1.54) is 12.1 Å². The zero-order chi connectivity index (χ0) is 14.7. The van der Waals surface area contributed by atoms with Crippen molar-refractivity contribution in [3.05, 3.63) is 57.8 Å². The van der Waals surface area contributed by atoms with E-state index in [1.807, 2.05) is 0 Å². The molecule has 2 aromatic rings. The summed E-state index contributed by atoms with van der Waals surface area (Å²) >= 11 is 3.39. The Kier molecular flexibility index (Phi) is 4.62. The van der Waals surface area contributed by atoms with Gasteiger partial charge in [-0.25, -0.2) is 4.39 Å². The van der Waals surface area contributed by atoms with Crippen LogP contribution in [0.4, 0.5) is 4.39 Å². The third-order valence-corrected chi connectivity index (χ3v) is 3.67. The van der Waals surface area contributed by atoms with Crippen molar-refractivity contribution in [3.63, 3.8) is 0 Å². The average Bonchev–Trinajstić information content (AvgIpc) is 2.46. The fraction of sp³-hybridized carbons (Fsp3) is 0.200. The second kappa shape index (κ2) is 6.24. The van der Waals surface area contributed by atoms with Gasteiger partial charge in [0.05, 0.1) is 24.7 Å². The molecule has 0 aliphatic heterocycles. The van der Waals surface area contributed by atoms with Crippen LogP contribution in [0.2, 0.25) is 0 Å². The molecule has 0 aliphatic carbocycles. The number of halogens is 2. The van der Waals surface area contributed by atoms with Crippen molar-refractivity contribution in [3.8, 4) is 11.5 Å². The zero-order valence-electron chi connectivity index (χ0n) is 11.2. The molecule has 106 valence electrons. The summed E-state index contributed by atoms with van der Waals surface area (Å²) in [4.78, 5) is 0. The molecule has 2 N–H and O–H groups in total. The third kappa shape index (κ3) is 2.94. The minimum Gasteiger partial charge on any atom is -0.496 e. The summed E-state index contributed by atoms with van der Waals surface area (Å²) in [7, 11) is 3.14. The Morgan fingerprint density at radius 1 is 1.10 bits per heavy atom. The van der Waals surface area contributed by atoms with Crippen LogP contribution in [0.1, 0.15) is 17.2 Å². The van der Waals surface area contributed by atoms with Crippen LogP contribution >= 0.6 is 15.9 Å². The van der Waals surface area contributed by atoms with Crippen molar-refractivity contribution in [1.29, 1.82) is 0 Å². The fourth-order valence-corrected chi connectivity index (χ4v) is 2.49. The molecule has 3 nitrogen and oxygen atoms in total. The zero-order valence-corrected chi connectivity index (χ0v) is 12.8. The number of rotatable bonds is 4. The Labute approximate surface area is 125 Å². The van der Waals surface area contributed by atoms with Crippen LogP contribution in [0.15, 0.2) is 40.9 Å². The lowest BCUT2D eigenvalue weighted by atomic mass is 9.98. The van der Waals surface area contributed by atoms with Gasteiger partial charge < -0.3 is 15.2 Å². The Morgan fingerprint density at radius 3 is 2.40 bits per heavy atom. The first kappa shape index (κ1) is 14.8. The topological polar surface area (TPSA) is 44.5 Å². The largest absolute Gasteiger partial charge is 0.496 e. The second-order valence-electron chi connectivity index (χ2n) is 4.26. The van der Waals surface area contributed by atoms with Crippen LogP contribution < -0.4 is 15.2 Å². The van der Waals surface area contributed by atoms with Crippen LogP contribution in [0.5, 0.6) is 11.5 Å². The van der Waals surface area contributed by atoms with Gasteiger partial charge in [-0.05, 0) is 45.8 Å². The Bertz CT molecular complexity index is 619. The van der Waals surface area contributed by atoms with Gasteiger partial charge in [-0.3, -0.25) is 0 Å². The summed E-state index contributed by atoms with van der Waals surface area (Å²) in [6.07, 6.45) is 0. The molecule has 2 aromatic carbocycles. The highest BCUT2D eigenvalue weighted by molar-refractivity contribution is 9.10. The first-order valence-electron chi connectivity index (χ1n) is 5.99. The van der Waals surface area contributed by atoms with Crippen molar-refractivity contribution in [1.82, 2.24) is 0 Å². The SMILES string of the molecule is COc1cc(C(N)c2cccc(F)c2)c(OC)cc1Br. The summed E-state index contributed by atoms with van der Waals surface area (Å²) in [5.41, 5.74) is 7.63. The maximum Gasteiger partial charge on any atom is 0.133 e. The van der Waals surface area contributed by atoms with Crippen LogP contribution in [-0.2, 0) is 0 Å². The molecule has 0 radical (unpaired) electrons. The number of benzene rings is 2. The second-order valence-corrected chi connectivity index (χ2v) is 5.12. The summed E-state index contributed by atoms with van der Waals surface area (Å²) in [6.45, 7) is 0. The molecule has 2 rings (SSSR count). The van der Waals surface area contributed by atoms with Gasteiger partial charge in [0, 0.05) is 5.56 Å². The van der Waals surface area contributed by atoms with Crippen molar-refractivity contribution >= 4 is 15.9 Å². The van der Waals surface area contributed by atoms with Gasteiger partial charge >= 0.3 is 0 Å². The summed E-state index contributed by atoms with van der Waals surface area (Å²) in [6, 6.07) is 9.29. The van der Waals surface area contributed by atoms with E-state index in [9.17, 15) is 4.39 Å². The van der Waals surface area contributed by atoms with Gasteiger partial charge in [-0.2, -0.15) is 0 Å². The van der Waals surface area contributed by atoms with Gasteiger partial charge in [0.2, 0.25) is 0 Å². The molecular formula is C15H15BrFNO2. The summed E-state index contributed by atoms with van der Waals surface area (Å²) in [5, 5.41) is 0. The molecule has 0 aliphatic rings. The molecule has 1 unspecified atom stereocenters. The smallest absolute Gasteiger partial charge is 0.133 e. The highest BCUT2D eigenvalue weighted by atomic mass is 79.9. The van der Waals surface area contributed by atoms with Gasteiger partial charge in [0.15, 0.2) is 0 Å². The van der Waals surface area contributed by atoms with Crippen LogP contribution in [0, 0.1) is 5.82 Å². The van der Waals surface area contributed by atoms with Crippen molar-refractivity contribution in [2.24, 2.45) is 5.73 Å². The van der Waals surface area contributed by atoms with E-state index < -0.39 is 6.04 Å². The molecule has 0 spiro atoms. The highest BCUT2D eigenvalue weighted by Crippen LogP contribution is 2.37. The maximum absolute atomic E-state index is 13.3. The fourth-order valence-electron chi connectivity index (χ4n) is 2.01. The van der Waals surface area contributed by atoms with Crippen LogP contribution in [0.3, 0.4) is 0 Å². The van der Waals surface area contributed by atoms with E-state index in [1.54, 1.807) is 38.5 Å². The van der Waals surface area contributed by atoms with Gasteiger partial charge in [0.25, 0.3) is 0 Å². The standard InChI is InChI=1S/C15H15BrFNO2/c1-19-13-8-12(16)14(20-2)7-11(13)15(18)9-4-3-5-10(17)6-9/h3-8,15H,18H2,1-2H3. The highest BCUT2D eigenvalue weighted by Gasteiger charge is 2.17. The van der Waals surface area contributed by atoms with Crippen LogP contribution in [0.25, 0.3) is 0 Å². The number of nitrogens with two attached hydrogens (primary N) is 1. The maximum atomic E-state index is 13.3. The Balaban J connectivity index is 2.50. The average molecular weight is 340 g/mol. The third-order valence-electron chi connectivity index (χ3n) is 3.05. The van der Waals surface area contributed by atoms with Gasteiger partial charge in [-0.15, -0.1) is 0 Å². The van der Waals surface area contributed by atoms with Crippen molar-refractivity contribution < 1.29 is 13.9 Å². The van der Waals surface area contributed by atoms with E-state index in [2.05, 4.69) is 15.9 Å². The normalized spacial score (nSPS) is 12.1. The van der Waals surface area contributed by atoms with Crippen LogP contribution in [-0.4, -0.2) is 14.2 Å². The van der Waals surface area contributed by atoms with E-state index in [0.29, 0.717) is 17.1 Å². The monoisotopic (exact) mass is 339 g/mol. The minimum absolute atomic E-state index is 0.319. The molecule has 0 bridgehead atoms. The van der Waals surface area contributed by atoms with Gasteiger partial charge in [0.1, 0.15) is 17.3 Å². The molecule has 0 fully saturated rings. The van der Waals surface area contributed by atoms with E-state index in [-0.39, 0.29) is 5.82 Å². The van der Waals surface area contributed by atoms with E-state index >= 15 is 0 Å². The number of hydrogen-bond donors (Lipinski definition) is 1. The minimum atomic E-state index is -0.498. The lowest BCUT2D eigenvalue weighted by Crippen LogP contribution is -2.13. The quantitative estimate of drug-likeness (QED) is 0.924. The molecule has 0 saturated heterocycles. The summed E-state index contributed by atoms with van der Waals surface area (Å²) in [5.74, 6) is 0.947. The molecule has 0 aromatic heterocycles. The Hall–Kier alpha value is -1.59. The van der Waals surface area contributed by atoms with Gasteiger partial charge in [-0.1, -0.05) is 12.1 Å². The lowest BCUT2D eigenvalue weighted by Gasteiger charge is -2.18. The summed E-state index contributed by atoms with van der Waals surface area (Å²) < 4.78 is 24.7. The number of hydrogen-bond acceptors (Lipinski definition) is 3. The number of ether oxygens (including phenoxy) is 2. The first-order chi connectivity index (χ1) is 9.56. The molecule has 1 atom stereocenters. The molecule has 5 heteroatoms. The predicted octanol–water partition coefficient (Wildman–Crippen LogP) is 3.65.